The van der Waals surface area contributed by atoms with Crippen molar-refractivity contribution in [3.63, 3.8) is 0 Å². The van der Waals surface area contributed by atoms with Gasteiger partial charge in [0.1, 0.15) is 24.4 Å². The van der Waals surface area contributed by atoms with E-state index in [0.717, 1.165) is 38.5 Å². The zero-order valence-corrected chi connectivity index (χ0v) is 19.5. The lowest BCUT2D eigenvalue weighted by Crippen LogP contribution is -2.52. The van der Waals surface area contributed by atoms with E-state index in [4.69, 9.17) is 18.9 Å². The fourth-order valence-electron chi connectivity index (χ4n) is 8.38. The SMILES string of the molecule is OC(C1COC2(CCCC3CCCCC32)O1)C(O)C1COC2(CCCC3CCCCC32)O1. The summed E-state index contributed by atoms with van der Waals surface area (Å²) >= 11 is 0. The maximum atomic E-state index is 11.1. The van der Waals surface area contributed by atoms with E-state index >= 15 is 0 Å². The summed E-state index contributed by atoms with van der Waals surface area (Å²) in [7, 11) is 0. The molecule has 10 unspecified atom stereocenters. The van der Waals surface area contributed by atoms with Crippen LogP contribution < -0.4 is 0 Å². The summed E-state index contributed by atoms with van der Waals surface area (Å²) in [5, 5.41) is 22.2. The predicted molar refractivity (Wildman–Crippen MR) is 118 cm³/mol. The molecule has 6 rings (SSSR count). The van der Waals surface area contributed by atoms with Crippen molar-refractivity contribution in [1.29, 1.82) is 0 Å². The number of aliphatic hydroxyl groups is 2. The van der Waals surface area contributed by atoms with Gasteiger partial charge in [0.2, 0.25) is 0 Å². The molecule has 10 atom stereocenters. The van der Waals surface area contributed by atoms with Crippen molar-refractivity contribution in [3.05, 3.63) is 0 Å². The van der Waals surface area contributed by atoms with Crippen LogP contribution in [0.15, 0.2) is 0 Å². The van der Waals surface area contributed by atoms with Crippen LogP contribution >= 0.6 is 0 Å². The van der Waals surface area contributed by atoms with Gasteiger partial charge in [-0.1, -0.05) is 25.7 Å². The number of rotatable bonds is 3. The summed E-state index contributed by atoms with van der Waals surface area (Å²) < 4.78 is 25.6. The molecule has 0 aromatic carbocycles. The molecular formula is C26H42O6. The molecule has 4 saturated carbocycles. The monoisotopic (exact) mass is 450 g/mol. The minimum Gasteiger partial charge on any atom is -0.387 e. The largest absolute Gasteiger partial charge is 0.387 e. The molecule has 2 N–H and O–H groups in total. The first kappa shape index (κ1) is 22.2. The molecule has 0 bridgehead atoms. The molecule has 2 spiro atoms. The zero-order chi connectivity index (χ0) is 21.8. The summed E-state index contributed by atoms with van der Waals surface area (Å²) in [6, 6.07) is 0. The van der Waals surface area contributed by atoms with Gasteiger partial charge in [-0.05, 0) is 63.2 Å². The van der Waals surface area contributed by atoms with E-state index in [-0.39, 0.29) is 0 Å². The highest BCUT2D eigenvalue weighted by molar-refractivity contribution is 5.00. The standard InChI is InChI=1S/C26H42O6/c27-23(21-15-29-25(31-21)13-5-9-17-7-1-3-11-19(17)25)24(28)22-16-30-26(32-22)14-6-10-18-8-2-4-12-20(18)26/h17-24,27-28H,1-16H2. The number of fused-ring (bicyclic) bond motifs is 4. The highest BCUT2D eigenvalue weighted by Crippen LogP contribution is 2.53. The van der Waals surface area contributed by atoms with Crippen molar-refractivity contribution in [2.45, 2.75) is 126 Å². The van der Waals surface area contributed by atoms with Crippen LogP contribution in [0.1, 0.15) is 89.9 Å². The van der Waals surface area contributed by atoms with Gasteiger partial charge in [-0.3, -0.25) is 0 Å². The lowest BCUT2D eigenvalue weighted by Gasteiger charge is -2.47. The van der Waals surface area contributed by atoms with E-state index in [1.807, 2.05) is 0 Å². The Morgan fingerprint density at radius 1 is 0.562 bits per heavy atom. The van der Waals surface area contributed by atoms with E-state index < -0.39 is 36.0 Å². The summed E-state index contributed by atoms with van der Waals surface area (Å²) in [5.41, 5.74) is 0. The zero-order valence-electron chi connectivity index (χ0n) is 19.5. The molecule has 0 amide bonds. The van der Waals surface area contributed by atoms with Crippen LogP contribution in [0.25, 0.3) is 0 Å². The molecule has 6 heteroatoms. The van der Waals surface area contributed by atoms with E-state index in [9.17, 15) is 10.2 Å². The second-order valence-electron chi connectivity index (χ2n) is 11.6. The summed E-state index contributed by atoms with van der Waals surface area (Å²) in [6.07, 6.45) is 13.5. The molecule has 6 aliphatic rings. The molecule has 0 radical (unpaired) electrons. The van der Waals surface area contributed by atoms with Gasteiger partial charge in [-0.25, -0.2) is 0 Å². The fourth-order valence-corrected chi connectivity index (χ4v) is 8.38. The van der Waals surface area contributed by atoms with Crippen molar-refractivity contribution in [3.8, 4) is 0 Å². The van der Waals surface area contributed by atoms with Gasteiger partial charge >= 0.3 is 0 Å². The van der Waals surface area contributed by atoms with Gasteiger partial charge in [-0.15, -0.1) is 0 Å². The number of hydrogen-bond donors (Lipinski definition) is 2. The lowest BCUT2D eigenvalue weighted by molar-refractivity contribution is -0.259. The molecule has 4 aliphatic carbocycles. The van der Waals surface area contributed by atoms with Gasteiger partial charge in [0.05, 0.1) is 13.2 Å². The molecule has 2 heterocycles. The quantitative estimate of drug-likeness (QED) is 0.679. The van der Waals surface area contributed by atoms with Crippen molar-refractivity contribution < 1.29 is 29.2 Å². The van der Waals surface area contributed by atoms with Crippen LogP contribution in [0.3, 0.4) is 0 Å². The topological polar surface area (TPSA) is 77.4 Å². The molecule has 6 nitrogen and oxygen atoms in total. The molecule has 6 fully saturated rings. The Bertz CT molecular complexity index is 613. The van der Waals surface area contributed by atoms with Crippen LogP contribution in [0, 0.1) is 23.7 Å². The average Bonchev–Trinajstić information content (AvgIpc) is 3.45. The Balaban J connectivity index is 1.11. The molecule has 2 saturated heterocycles. The lowest BCUT2D eigenvalue weighted by atomic mass is 9.67. The molecule has 0 aromatic heterocycles. The maximum absolute atomic E-state index is 11.1. The van der Waals surface area contributed by atoms with Crippen molar-refractivity contribution in [2.24, 2.45) is 23.7 Å². The van der Waals surface area contributed by atoms with Gasteiger partial charge in [0.25, 0.3) is 0 Å². The average molecular weight is 451 g/mol. The van der Waals surface area contributed by atoms with Crippen LogP contribution in [0.4, 0.5) is 0 Å². The van der Waals surface area contributed by atoms with Gasteiger partial charge < -0.3 is 29.2 Å². The normalized spacial score (nSPS) is 50.8. The first-order valence-corrected chi connectivity index (χ1v) is 13.6. The minimum atomic E-state index is -1.02. The first-order valence-electron chi connectivity index (χ1n) is 13.6. The van der Waals surface area contributed by atoms with Crippen molar-refractivity contribution in [2.75, 3.05) is 13.2 Å². The second-order valence-corrected chi connectivity index (χ2v) is 11.6. The third-order valence-electron chi connectivity index (χ3n) is 9.95. The van der Waals surface area contributed by atoms with E-state index in [1.54, 1.807) is 0 Å². The van der Waals surface area contributed by atoms with Crippen LogP contribution in [0.5, 0.6) is 0 Å². The molecular weight excluding hydrogens is 408 g/mol. The fraction of sp³-hybridized carbons (Fsp3) is 1.00. The predicted octanol–water partition coefficient (Wildman–Crippen LogP) is 3.91. The second kappa shape index (κ2) is 8.76. The third-order valence-corrected chi connectivity index (χ3v) is 9.95. The van der Waals surface area contributed by atoms with E-state index in [1.165, 1.54) is 51.4 Å². The number of aliphatic hydroxyl groups excluding tert-OH is 2. The van der Waals surface area contributed by atoms with Gasteiger partial charge in [0.15, 0.2) is 11.6 Å². The Kier molecular flexibility index (Phi) is 6.09. The Morgan fingerprint density at radius 3 is 1.44 bits per heavy atom. The maximum Gasteiger partial charge on any atom is 0.172 e. The Hall–Kier alpha value is -0.240. The van der Waals surface area contributed by atoms with Gasteiger partial charge in [-0.2, -0.15) is 0 Å². The molecule has 32 heavy (non-hydrogen) atoms. The van der Waals surface area contributed by atoms with E-state index in [0.29, 0.717) is 36.9 Å². The van der Waals surface area contributed by atoms with Crippen molar-refractivity contribution >= 4 is 0 Å². The van der Waals surface area contributed by atoms with Gasteiger partial charge in [0, 0.05) is 24.7 Å². The highest BCUT2D eigenvalue weighted by Gasteiger charge is 2.57. The smallest absolute Gasteiger partial charge is 0.172 e. The first-order chi connectivity index (χ1) is 15.6. The molecule has 2 aliphatic heterocycles. The number of hydrogen-bond acceptors (Lipinski definition) is 6. The van der Waals surface area contributed by atoms with Crippen LogP contribution in [0.2, 0.25) is 0 Å². The Labute approximate surface area is 192 Å². The van der Waals surface area contributed by atoms with Crippen LogP contribution in [-0.2, 0) is 18.9 Å². The van der Waals surface area contributed by atoms with E-state index in [2.05, 4.69) is 0 Å². The summed E-state index contributed by atoms with van der Waals surface area (Å²) in [5.74, 6) is 1.11. The highest BCUT2D eigenvalue weighted by atomic mass is 16.8. The number of ether oxygens (including phenoxy) is 4. The van der Waals surface area contributed by atoms with Crippen LogP contribution in [-0.4, -0.2) is 59.4 Å². The third kappa shape index (κ3) is 3.68. The molecule has 182 valence electrons. The Morgan fingerprint density at radius 2 is 0.969 bits per heavy atom. The minimum absolute atomic E-state index is 0.352. The summed E-state index contributed by atoms with van der Waals surface area (Å²) in [6.45, 7) is 0.704. The summed E-state index contributed by atoms with van der Waals surface area (Å²) in [4.78, 5) is 0. The molecule has 0 aromatic rings. The van der Waals surface area contributed by atoms with Crippen molar-refractivity contribution in [1.82, 2.24) is 0 Å².